The molecule has 0 spiro atoms. The molecule has 3 N–H and O–H groups in total. The van der Waals surface area contributed by atoms with Crippen molar-refractivity contribution in [3.8, 4) is 0 Å². The fourth-order valence-electron chi connectivity index (χ4n) is 1.67. The van der Waals surface area contributed by atoms with Crippen LogP contribution in [0.15, 0.2) is 0 Å². The van der Waals surface area contributed by atoms with E-state index in [0.717, 1.165) is 0 Å². The van der Waals surface area contributed by atoms with Crippen molar-refractivity contribution in [1.82, 2.24) is 0 Å². The molecule has 98 valence electrons. The molecule has 0 aromatic rings. The van der Waals surface area contributed by atoms with E-state index in [9.17, 15) is 0 Å². The summed E-state index contributed by atoms with van der Waals surface area (Å²) >= 11 is 0. The molecular formula is C10H23NO5. The summed E-state index contributed by atoms with van der Waals surface area (Å²) in [5, 5.41) is 9.17. The molecule has 0 aliphatic heterocycles. The first-order valence-corrected chi connectivity index (χ1v) is 5.12. The molecule has 6 heteroatoms. The zero-order valence-corrected chi connectivity index (χ0v) is 10.4. The molecule has 4 atom stereocenters. The van der Waals surface area contributed by atoms with Gasteiger partial charge in [-0.1, -0.05) is 0 Å². The van der Waals surface area contributed by atoms with E-state index in [0.29, 0.717) is 6.54 Å². The number of methoxy groups -OCH3 is 4. The highest BCUT2D eigenvalue weighted by Crippen LogP contribution is 2.15. The van der Waals surface area contributed by atoms with Gasteiger partial charge in [0.05, 0.1) is 12.7 Å². The van der Waals surface area contributed by atoms with E-state index < -0.39 is 18.3 Å². The van der Waals surface area contributed by atoms with Gasteiger partial charge in [0.2, 0.25) is 0 Å². The third kappa shape index (κ3) is 3.97. The largest absolute Gasteiger partial charge is 0.394 e. The fourth-order valence-corrected chi connectivity index (χ4v) is 1.67. The summed E-state index contributed by atoms with van der Waals surface area (Å²) in [7, 11) is 6.13. The first-order chi connectivity index (χ1) is 7.69. The highest BCUT2D eigenvalue weighted by atomic mass is 16.6. The van der Waals surface area contributed by atoms with Crippen LogP contribution in [0.25, 0.3) is 0 Å². The lowest BCUT2D eigenvalue weighted by molar-refractivity contribution is -0.154. The smallest absolute Gasteiger partial charge is 0.114 e. The van der Waals surface area contributed by atoms with Crippen LogP contribution in [-0.2, 0) is 18.9 Å². The Morgan fingerprint density at radius 2 is 1.31 bits per heavy atom. The Balaban J connectivity index is 4.71. The van der Waals surface area contributed by atoms with Gasteiger partial charge in [0.1, 0.15) is 18.3 Å². The number of aliphatic hydroxyl groups is 1. The van der Waals surface area contributed by atoms with Crippen LogP contribution in [0.2, 0.25) is 0 Å². The van der Waals surface area contributed by atoms with Crippen molar-refractivity contribution in [3.05, 3.63) is 0 Å². The summed E-state index contributed by atoms with van der Waals surface area (Å²) in [6.07, 6.45) is -1.61. The number of nitrogens with two attached hydrogens (primary N) is 1. The van der Waals surface area contributed by atoms with E-state index >= 15 is 0 Å². The minimum absolute atomic E-state index is 0.157. The van der Waals surface area contributed by atoms with Gasteiger partial charge >= 0.3 is 0 Å². The Morgan fingerprint density at radius 3 is 1.56 bits per heavy atom. The summed E-state index contributed by atoms with van der Waals surface area (Å²) in [5.41, 5.74) is 5.57. The third-order valence-corrected chi connectivity index (χ3v) is 2.62. The molecule has 0 bridgehead atoms. The van der Waals surface area contributed by atoms with Crippen LogP contribution in [0.1, 0.15) is 0 Å². The van der Waals surface area contributed by atoms with Gasteiger partial charge in [-0.15, -0.1) is 0 Å². The second kappa shape index (κ2) is 8.86. The van der Waals surface area contributed by atoms with E-state index in [2.05, 4.69) is 0 Å². The number of hydrogen-bond donors (Lipinski definition) is 2. The lowest BCUT2D eigenvalue weighted by Crippen LogP contribution is -2.51. The average Bonchev–Trinajstić information content (AvgIpc) is 2.33. The van der Waals surface area contributed by atoms with Crippen LogP contribution in [0.4, 0.5) is 0 Å². The molecule has 0 saturated carbocycles. The number of rotatable bonds is 9. The van der Waals surface area contributed by atoms with Crippen molar-refractivity contribution < 1.29 is 24.1 Å². The van der Waals surface area contributed by atoms with Crippen molar-refractivity contribution in [2.45, 2.75) is 24.4 Å². The second-order valence-corrected chi connectivity index (χ2v) is 3.37. The normalized spacial score (nSPS) is 19.1. The lowest BCUT2D eigenvalue weighted by Gasteiger charge is -2.33. The molecule has 0 rings (SSSR count). The molecule has 16 heavy (non-hydrogen) atoms. The fraction of sp³-hybridized carbons (Fsp3) is 1.00. The van der Waals surface area contributed by atoms with Gasteiger partial charge in [-0.3, -0.25) is 0 Å². The van der Waals surface area contributed by atoms with Crippen LogP contribution in [-0.4, -0.2) is 71.1 Å². The van der Waals surface area contributed by atoms with E-state index in [-0.39, 0.29) is 12.7 Å². The van der Waals surface area contributed by atoms with Gasteiger partial charge in [0.25, 0.3) is 0 Å². The number of ether oxygens (including phenoxy) is 4. The molecule has 0 radical (unpaired) electrons. The number of hydrogen-bond acceptors (Lipinski definition) is 6. The Morgan fingerprint density at radius 1 is 0.875 bits per heavy atom. The molecule has 6 nitrogen and oxygen atoms in total. The SMILES string of the molecule is CO[C@@H]([C@H](OC)[C@@H](CO)OC)[C@H](CN)OC. The monoisotopic (exact) mass is 237 g/mol. The van der Waals surface area contributed by atoms with Gasteiger partial charge in [-0.25, -0.2) is 0 Å². The molecule has 0 amide bonds. The lowest BCUT2D eigenvalue weighted by atomic mass is 10.0. The Hall–Kier alpha value is -0.240. The minimum Gasteiger partial charge on any atom is -0.394 e. The van der Waals surface area contributed by atoms with Gasteiger partial charge in [0.15, 0.2) is 0 Å². The number of aliphatic hydroxyl groups excluding tert-OH is 1. The van der Waals surface area contributed by atoms with E-state index in [1.54, 1.807) is 14.2 Å². The topological polar surface area (TPSA) is 83.2 Å². The molecule has 0 fully saturated rings. The highest BCUT2D eigenvalue weighted by Gasteiger charge is 2.35. The Bertz CT molecular complexity index is 143. The summed E-state index contributed by atoms with van der Waals surface area (Å²) < 4.78 is 20.9. The summed E-state index contributed by atoms with van der Waals surface area (Å²) in [6.45, 7) is 0.145. The van der Waals surface area contributed by atoms with Gasteiger partial charge in [0, 0.05) is 35.0 Å². The van der Waals surface area contributed by atoms with E-state index in [1.165, 1.54) is 14.2 Å². The predicted molar refractivity (Wildman–Crippen MR) is 59.3 cm³/mol. The molecule has 0 aliphatic carbocycles. The molecule has 0 unspecified atom stereocenters. The van der Waals surface area contributed by atoms with E-state index in [1.807, 2.05) is 0 Å². The zero-order chi connectivity index (χ0) is 12.6. The van der Waals surface area contributed by atoms with Crippen LogP contribution >= 0.6 is 0 Å². The maximum atomic E-state index is 9.17. The average molecular weight is 237 g/mol. The minimum atomic E-state index is -0.473. The summed E-state index contributed by atoms with van der Waals surface area (Å²) in [4.78, 5) is 0. The summed E-state index contributed by atoms with van der Waals surface area (Å²) in [5.74, 6) is 0. The standard InChI is InChI=1S/C10H23NO5/c1-13-7(5-11)9(15-3)10(16-4)8(6-12)14-2/h7-10,12H,5-6,11H2,1-4H3/t7-,8+,9+,10+/m0/s1. The second-order valence-electron chi connectivity index (χ2n) is 3.37. The van der Waals surface area contributed by atoms with Crippen molar-refractivity contribution in [2.75, 3.05) is 41.6 Å². The van der Waals surface area contributed by atoms with Crippen molar-refractivity contribution >= 4 is 0 Å². The first kappa shape index (κ1) is 15.8. The van der Waals surface area contributed by atoms with Crippen molar-refractivity contribution in [3.63, 3.8) is 0 Å². The third-order valence-electron chi connectivity index (χ3n) is 2.62. The molecule has 0 aromatic carbocycles. The Labute approximate surface area is 96.6 Å². The van der Waals surface area contributed by atoms with Crippen LogP contribution in [0.5, 0.6) is 0 Å². The first-order valence-electron chi connectivity index (χ1n) is 5.12. The predicted octanol–water partition coefficient (Wildman–Crippen LogP) is -1.00. The molecule has 0 aromatic heterocycles. The van der Waals surface area contributed by atoms with Gasteiger partial charge in [-0.05, 0) is 0 Å². The maximum absolute atomic E-state index is 9.17. The van der Waals surface area contributed by atoms with Crippen molar-refractivity contribution in [2.24, 2.45) is 5.73 Å². The highest BCUT2D eigenvalue weighted by molar-refractivity contribution is 4.85. The zero-order valence-electron chi connectivity index (χ0n) is 10.4. The quantitative estimate of drug-likeness (QED) is 0.535. The molecule has 0 heterocycles. The van der Waals surface area contributed by atoms with Gasteiger partial charge < -0.3 is 29.8 Å². The van der Waals surface area contributed by atoms with Crippen molar-refractivity contribution in [1.29, 1.82) is 0 Å². The van der Waals surface area contributed by atoms with Crippen LogP contribution in [0.3, 0.4) is 0 Å². The summed E-state index contributed by atoms with van der Waals surface area (Å²) in [6, 6.07) is 0. The molecular weight excluding hydrogens is 214 g/mol. The van der Waals surface area contributed by atoms with E-state index in [4.69, 9.17) is 29.8 Å². The van der Waals surface area contributed by atoms with Crippen LogP contribution < -0.4 is 5.73 Å². The maximum Gasteiger partial charge on any atom is 0.114 e. The van der Waals surface area contributed by atoms with Crippen LogP contribution in [0, 0.1) is 0 Å². The Kier molecular flexibility index (Phi) is 8.73. The van der Waals surface area contributed by atoms with Gasteiger partial charge in [-0.2, -0.15) is 0 Å². The molecule has 0 aliphatic rings. The molecule has 0 saturated heterocycles.